The molecule has 4 N–H and O–H groups in total. The molecular weight excluding hydrogens is 392 g/mol. The zero-order chi connectivity index (χ0) is 22.2. The minimum atomic E-state index is -1.36. The topological polar surface area (TPSA) is 126 Å². The van der Waals surface area contributed by atoms with Crippen molar-refractivity contribution in [3.63, 3.8) is 0 Å². The molecule has 0 aromatic carbocycles. The van der Waals surface area contributed by atoms with E-state index in [4.69, 9.17) is 24.4 Å². The average Bonchev–Trinajstić information content (AvgIpc) is 3.07. The Hall–Kier alpha value is -1.35. The summed E-state index contributed by atoms with van der Waals surface area (Å²) in [4.78, 5) is 12.1. The van der Waals surface area contributed by atoms with E-state index >= 15 is 0 Å². The summed E-state index contributed by atoms with van der Waals surface area (Å²) in [6, 6.07) is 0. The van der Waals surface area contributed by atoms with Crippen molar-refractivity contribution in [1.29, 1.82) is 0 Å². The Morgan fingerprint density at radius 2 is 1.43 bits per heavy atom. The number of carbonyl (C=O) groups is 1. The molecule has 1 unspecified atom stereocenters. The predicted molar refractivity (Wildman–Crippen MR) is 111 cm³/mol. The van der Waals surface area contributed by atoms with Crippen LogP contribution in [-0.2, 0) is 19.0 Å². The van der Waals surface area contributed by atoms with Gasteiger partial charge in [0.1, 0.15) is 18.8 Å². The number of unbranched alkanes of at least 4 members (excludes halogenated alkanes) is 10. The van der Waals surface area contributed by atoms with Crippen LogP contribution in [0.2, 0.25) is 0 Å². The maximum Gasteiger partial charge on any atom is 0.378 e. The second-order valence-electron chi connectivity index (χ2n) is 7.80. The standard InChI is InChI=1S/C22H40O8/c1-2-3-4-5-6-7-8-9-10-11-12-13-28-21-20(29-16-17(25)14-23)19(18(26)15-24)30-22(21)27/h17-19,23-26H,2-16H2,1H3/t17?,18-,19+/m0/s1. The molecule has 0 aliphatic carbocycles. The van der Waals surface area contributed by atoms with Crippen molar-refractivity contribution < 1.29 is 39.4 Å². The van der Waals surface area contributed by atoms with Gasteiger partial charge in [-0.1, -0.05) is 71.1 Å². The molecule has 0 aromatic rings. The number of aliphatic hydroxyl groups is 4. The number of esters is 1. The molecule has 0 amide bonds. The normalized spacial score (nSPS) is 18.4. The maximum absolute atomic E-state index is 12.1. The number of hydrogen-bond acceptors (Lipinski definition) is 8. The van der Waals surface area contributed by atoms with Gasteiger partial charge in [-0.3, -0.25) is 0 Å². The Bertz CT molecular complexity index is 494. The second-order valence-corrected chi connectivity index (χ2v) is 7.80. The van der Waals surface area contributed by atoms with Gasteiger partial charge in [-0.05, 0) is 6.42 Å². The van der Waals surface area contributed by atoms with E-state index in [1.165, 1.54) is 51.4 Å². The maximum atomic E-state index is 12.1. The van der Waals surface area contributed by atoms with Crippen LogP contribution >= 0.6 is 0 Å². The number of cyclic esters (lactones) is 1. The molecule has 30 heavy (non-hydrogen) atoms. The summed E-state index contributed by atoms with van der Waals surface area (Å²) in [5.74, 6) is -0.981. The van der Waals surface area contributed by atoms with Crippen LogP contribution in [0.15, 0.2) is 11.5 Å². The quantitative estimate of drug-likeness (QED) is 0.181. The molecule has 0 saturated heterocycles. The van der Waals surface area contributed by atoms with Crippen LogP contribution in [0, 0.1) is 0 Å². The monoisotopic (exact) mass is 432 g/mol. The number of ether oxygens (including phenoxy) is 3. The van der Waals surface area contributed by atoms with Crippen molar-refractivity contribution in [3.05, 3.63) is 11.5 Å². The van der Waals surface area contributed by atoms with Crippen molar-refractivity contribution in [2.75, 3.05) is 26.4 Å². The molecular formula is C22H40O8. The fraction of sp³-hybridized carbons (Fsp3) is 0.864. The second kappa shape index (κ2) is 16.4. The van der Waals surface area contributed by atoms with E-state index in [-0.39, 0.29) is 18.1 Å². The van der Waals surface area contributed by atoms with E-state index in [0.717, 1.165) is 19.3 Å². The Balaban J connectivity index is 2.32. The highest BCUT2D eigenvalue weighted by atomic mass is 16.6. The predicted octanol–water partition coefficient (Wildman–Crippen LogP) is 2.17. The first-order valence-electron chi connectivity index (χ1n) is 11.3. The molecule has 8 nitrogen and oxygen atoms in total. The SMILES string of the molecule is CCCCCCCCCCCCCOC1=C(OCC(O)CO)[C@@H]([C@@H](O)CO)OC1=O. The summed E-state index contributed by atoms with van der Waals surface area (Å²) in [7, 11) is 0. The highest BCUT2D eigenvalue weighted by Crippen LogP contribution is 2.27. The molecule has 0 radical (unpaired) electrons. The van der Waals surface area contributed by atoms with Gasteiger partial charge in [0.15, 0.2) is 11.9 Å². The van der Waals surface area contributed by atoms with Gasteiger partial charge in [-0.2, -0.15) is 0 Å². The molecule has 176 valence electrons. The summed E-state index contributed by atoms with van der Waals surface area (Å²) < 4.78 is 15.9. The van der Waals surface area contributed by atoms with Crippen molar-refractivity contribution >= 4 is 5.97 Å². The fourth-order valence-corrected chi connectivity index (χ4v) is 3.26. The van der Waals surface area contributed by atoms with E-state index in [1.54, 1.807) is 0 Å². The first-order valence-corrected chi connectivity index (χ1v) is 11.3. The van der Waals surface area contributed by atoms with Gasteiger partial charge >= 0.3 is 5.97 Å². The van der Waals surface area contributed by atoms with Crippen molar-refractivity contribution in [1.82, 2.24) is 0 Å². The smallest absolute Gasteiger partial charge is 0.378 e. The zero-order valence-electron chi connectivity index (χ0n) is 18.3. The van der Waals surface area contributed by atoms with Crippen LogP contribution in [0.3, 0.4) is 0 Å². The summed E-state index contributed by atoms with van der Waals surface area (Å²) in [6.45, 7) is 1.10. The van der Waals surface area contributed by atoms with Crippen LogP contribution in [0.4, 0.5) is 0 Å². The van der Waals surface area contributed by atoms with Crippen LogP contribution in [0.5, 0.6) is 0 Å². The molecule has 1 aliphatic heterocycles. The first-order chi connectivity index (χ1) is 14.5. The lowest BCUT2D eigenvalue weighted by molar-refractivity contribution is -0.148. The number of carbonyl (C=O) groups excluding carboxylic acids is 1. The third kappa shape index (κ3) is 10.1. The molecule has 1 aliphatic rings. The Kier molecular flexibility index (Phi) is 14.5. The summed E-state index contributed by atoms with van der Waals surface area (Å²) in [6.07, 6.45) is 9.48. The van der Waals surface area contributed by atoms with Crippen LogP contribution < -0.4 is 0 Å². The largest absolute Gasteiger partial charge is 0.487 e. The van der Waals surface area contributed by atoms with Crippen molar-refractivity contribution in [2.45, 2.75) is 95.9 Å². The number of rotatable bonds is 19. The van der Waals surface area contributed by atoms with E-state index in [0.29, 0.717) is 6.61 Å². The van der Waals surface area contributed by atoms with Crippen LogP contribution in [0.1, 0.15) is 77.6 Å². The molecule has 0 bridgehead atoms. The Morgan fingerprint density at radius 3 is 1.97 bits per heavy atom. The zero-order valence-corrected chi connectivity index (χ0v) is 18.3. The minimum Gasteiger partial charge on any atom is -0.487 e. The molecule has 0 aromatic heterocycles. The summed E-state index contributed by atoms with van der Waals surface area (Å²) in [5.41, 5.74) is 0. The number of hydrogen-bond donors (Lipinski definition) is 4. The fourth-order valence-electron chi connectivity index (χ4n) is 3.26. The van der Waals surface area contributed by atoms with Crippen LogP contribution in [0.25, 0.3) is 0 Å². The van der Waals surface area contributed by atoms with Gasteiger partial charge in [0.05, 0.1) is 19.8 Å². The molecule has 3 atom stereocenters. The van der Waals surface area contributed by atoms with Gasteiger partial charge in [0.25, 0.3) is 0 Å². The van der Waals surface area contributed by atoms with Crippen molar-refractivity contribution in [2.24, 2.45) is 0 Å². The van der Waals surface area contributed by atoms with Gasteiger partial charge in [0.2, 0.25) is 5.76 Å². The first kappa shape index (κ1) is 26.7. The van der Waals surface area contributed by atoms with E-state index in [1.807, 2.05) is 0 Å². The number of aliphatic hydroxyl groups excluding tert-OH is 4. The highest BCUT2D eigenvalue weighted by molar-refractivity contribution is 5.89. The lowest BCUT2D eigenvalue weighted by atomic mass is 10.1. The Labute approximate surface area is 179 Å². The third-order valence-electron chi connectivity index (χ3n) is 5.07. The van der Waals surface area contributed by atoms with Gasteiger partial charge in [0, 0.05) is 0 Å². The lowest BCUT2D eigenvalue weighted by Gasteiger charge is -2.19. The molecule has 0 spiro atoms. The highest BCUT2D eigenvalue weighted by Gasteiger charge is 2.42. The molecule has 0 fully saturated rings. The summed E-state index contributed by atoms with van der Waals surface area (Å²) >= 11 is 0. The minimum absolute atomic E-state index is 0.0582. The summed E-state index contributed by atoms with van der Waals surface area (Å²) in [5, 5.41) is 37.4. The van der Waals surface area contributed by atoms with Gasteiger partial charge < -0.3 is 34.6 Å². The third-order valence-corrected chi connectivity index (χ3v) is 5.07. The molecule has 0 saturated carbocycles. The van der Waals surface area contributed by atoms with Crippen LogP contribution in [-0.4, -0.2) is 71.1 Å². The van der Waals surface area contributed by atoms with E-state index in [9.17, 15) is 15.0 Å². The van der Waals surface area contributed by atoms with E-state index in [2.05, 4.69) is 6.92 Å². The molecule has 1 rings (SSSR count). The van der Waals surface area contributed by atoms with Crippen molar-refractivity contribution in [3.8, 4) is 0 Å². The Morgan fingerprint density at radius 1 is 0.867 bits per heavy atom. The average molecular weight is 433 g/mol. The van der Waals surface area contributed by atoms with E-state index < -0.39 is 37.5 Å². The molecule has 8 heteroatoms. The lowest BCUT2D eigenvalue weighted by Crippen LogP contribution is -2.33. The molecule has 1 heterocycles. The van der Waals surface area contributed by atoms with Gasteiger partial charge in [-0.15, -0.1) is 0 Å². The van der Waals surface area contributed by atoms with Gasteiger partial charge in [-0.25, -0.2) is 4.79 Å².